The van der Waals surface area contributed by atoms with Gasteiger partial charge in [0.15, 0.2) is 5.13 Å². The van der Waals surface area contributed by atoms with Crippen molar-refractivity contribution in [3.05, 3.63) is 11.6 Å². The van der Waals surface area contributed by atoms with Gasteiger partial charge in [-0.2, -0.15) is 0 Å². The van der Waals surface area contributed by atoms with E-state index in [4.69, 9.17) is 0 Å². The second-order valence-corrected chi connectivity index (χ2v) is 3.69. The Hall–Kier alpha value is -1.10. The van der Waals surface area contributed by atoms with Gasteiger partial charge in [0, 0.05) is 18.1 Å². The Morgan fingerprint density at radius 2 is 2.50 bits per heavy atom. The minimum absolute atomic E-state index is 0.228. The number of ether oxygens (including phenoxy) is 1. The van der Waals surface area contributed by atoms with Gasteiger partial charge in [0.1, 0.15) is 6.54 Å². The number of methoxy groups -OCH3 is 1. The van der Waals surface area contributed by atoms with E-state index in [0.717, 1.165) is 18.1 Å². The fourth-order valence-corrected chi connectivity index (χ4v) is 1.77. The molecule has 0 aliphatic heterocycles. The van der Waals surface area contributed by atoms with Crippen molar-refractivity contribution < 1.29 is 9.53 Å². The molecule has 0 fully saturated rings. The molecule has 0 atom stereocenters. The van der Waals surface area contributed by atoms with Crippen molar-refractivity contribution in [1.29, 1.82) is 0 Å². The summed E-state index contributed by atoms with van der Waals surface area (Å²) in [6, 6.07) is 0. The number of thiazole rings is 1. The predicted octanol–water partition coefficient (Wildman–Crippen LogP) is 1.53. The van der Waals surface area contributed by atoms with E-state index in [2.05, 4.69) is 16.6 Å². The van der Waals surface area contributed by atoms with Crippen molar-refractivity contribution in [2.75, 3.05) is 25.1 Å². The van der Waals surface area contributed by atoms with Crippen LogP contribution >= 0.6 is 11.3 Å². The van der Waals surface area contributed by atoms with Crippen molar-refractivity contribution in [1.82, 2.24) is 4.98 Å². The number of aromatic nitrogens is 1. The number of carbonyl (C=O) groups excluding carboxylic acids is 1. The van der Waals surface area contributed by atoms with Crippen LogP contribution in [0, 0.1) is 0 Å². The van der Waals surface area contributed by atoms with Gasteiger partial charge in [0.2, 0.25) is 0 Å². The molecule has 4 nitrogen and oxygen atoms in total. The fraction of sp³-hybridized carbons (Fsp3) is 0.556. The molecule has 0 saturated heterocycles. The first-order valence-corrected chi connectivity index (χ1v) is 5.37. The first-order valence-electron chi connectivity index (χ1n) is 4.49. The van der Waals surface area contributed by atoms with Gasteiger partial charge in [-0.1, -0.05) is 6.92 Å². The highest BCUT2D eigenvalue weighted by Gasteiger charge is 2.12. The van der Waals surface area contributed by atoms with Crippen molar-refractivity contribution in [2.24, 2.45) is 0 Å². The van der Waals surface area contributed by atoms with Gasteiger partial charge < -0.3 is 9.64 Å². The van der Waals surface area contributed by atoms with Crippen molar-refractivity contribution in [3.8, 4) is 0 Å². The van der Waals surface area contributed by atoms with E-state index in [1.165, 1.54) is 18.4 Å². The van der Waals surface area contributed by atoms with Crippen molar-refractivity contribution >= 4 is 22.4 Å². The van der Waals surface area contributed by atoms with E-state index in [-0.39, 0.29) is 12.5 Å². The third-order valence-electron chi connectivity index (χ3n) is 1.73. The molecule has 0 radical (unpaired) electrons. The molecule has 0 aliphatic rings. The minimum atomic E-state index is -0.228. The second-order valence-electron chi connectivity index (χ2n) is 2.81. The summed E-state index contributed by atoms with van der Waals surface area (Å²) in [7, 11) is 1.40. The summed E-state index contributed by atoms with van der Waals surface area (Å²) in [4.78, 5) is 17.2. The summed E-state index contributed by atoms with van der Waals surface area (Å²) in [6.45, 7) is 3.17. The Bertz CT molecular complexity index is 274. The molecule has 1 aromatic rings. The Kier molecular flexibility index (Phi) is 4.39. The van der Waals surface area contributed by atoms with E-state index in [9.17, 15) is 4.79 Å². The first kappa shape index (κ1) is 11.0. The quantitative estimate of drug-likeness (QED) is 0.697. The molecule has 0 spiro atoms. The smallest absolute Gasteiger partial charge is 0.325 e. The molecule has 0 amide bonds. The van der Waals surface area contributed by atoms with Crippen LogP contribution in [0.4, 0.5) is 5.13 Å². The lowest BCUT2D eigenvalue weighted by molar-refractivity contribution is -0.138. The maximum atomic E-state index is 11.1. The monoisotopic (exact) mass is 214 g/mol. The molecule has 1 heterocycles. The first-order chi connectivity index (χ1) is 6.77. The molecule has 0 unspecified atom stereocenters. The molecular formula is C9H14N2O2S. The summed E-state index contributed by atoms with van der Waals surface area (Å²) < 4.78 is 4.62. The summed E-state index contributed by atoms with van der Waals surface area (Å²) in [5, 5.41) is 2.77. The molecule has 0 N–H and O–H groups in total. The zero-order valence-corrected chi connectivity index (χ0v) is 9.21. The lowest BCUT2D eigenvalue weighted by atomic mass is 10.4. The molecule has 0 aromatic carbocycles. The molecule has 5 heteroatoms. The lowest BCUT2D eigenvalue weighted by Crippen LogP contribution is -2.31. The van der Waals surface area contributed by atoms with Gasteiger partial charge in [-0.3, -0.25) is 4.79 Å². The average Bonchev–Trinajstić information content (AvgIpc) is 2.69. The Balaban J connectivity index is 2.60. The zero-order chi connectivity index (χ0) is 10.4. The summed E-state index contributed by atoms with van der Waals surface area (Å²) in [5.74, 6) is -0.228. The highest BCUT2D eigenvalue weighted by atomic mass is 32.1. The number of rotatable bonds is 5. The third-order valence-corrected chi connectivity index (χ3v) is 2.56. The molecular weight excluding hydrogens is 200 g/mol. The number of carbonyl (C=O) groups is 1. The van der Waals surface area contributed by atoms with Gasteiger partial charge >= 0.3 is 5.97 Å². The van der Waals surface area contributed by atoms with E-state index in [1.54, 1.807) is 6.20 Å². The van der Waals surface area contributed by atoms with E-state index in [0.29, 0.717) is 0 Å². The van der Waals surface area contributed by atoms with Gasteiger partial charge in [-0.15, -0.1) is 11.3 Å². The van der Waals surface area contributed by atoms with Crippen LogP contribution in [0.3, 0.4) is 0 Å². The number of esters is 1. The van der Waals surface area contributed by atoms with Gasteiger partial charge in [-0.05, 0) is 6.42 Å². The van der Waals surface area contributed by atoms with Crippen LogP contribution in [0.25, 0.3) is 0 Å². The highest BCUT2D eigenvalue weighted by molar-refractivity contribution is 7.13. The third kappa shape index (κ3) is 2.99. The predicted molar refractivity (Wildman–Crippen MR) is 56.6 cm³/mol. The normalized spacial score (nSPS) is 9.86. The van der Waals surface area contributed by atoms with Crippen LogP contribution in [0.5, 0.6) is 0 Å². The van der Waals surface area contributed by atoms with Crippen LogP contribution < -0.4 is 4.90 Å². The summed E-state index contributed by atoms with van der Waals surface area (Å²) >= 11 is 1.53. The largest absolute Gasteiger partial charge is 0.468 e. The van der Waals surface area contributed by atoms with Gasteiger partial charge in [0.25, 0.3) is 0 Å². The number of nitrogens with zero attached hydrogens (tertiary/aromatic N) is 2. The molecule has 0 saturated carbocycles. The van der Waals surface area contributed by atoms with Crippen LogP contribution in [0.1, 0.15) is 13.3 Å². The molecule has 0 aliphatic carbocycles. The second kappa shape index (κ2) is 5.59. The lowest BCUT2D eigenvalue weighted by Gasteiger charge is -2.19. The molecule has 14 heavy (non-hydrogen) atoms. The maximum absolute atomic E-state index is 11.1. The van der Waals surface area contributed by atoms with E-state index < -0.39 is 0 Å². The molecule has 0 bridgehead atoms. The summed E-state index contributed by atoms with van der Waals surface area (Å²) in [6.07, 6.45) is 2.72. The molecule has 78 valence electrons. The van der Waals surface area contributed by atoms with Gasteiger partial charge in [0.05, 0.1) is 7.11 Å². The highest BCUT2D eigenvalue weighted by Crippen LogP contribution is 2.17. The van der Waals surface area contributed by atoms with Crippen molar-refractivity contribution in [2.45, 2.75) is 13.3 Å². The SMILES string of the molecule is CCCN(CC(=O)OC)c1nccs1. The topological polar surface area (TPSA) is 42.4 Å². The standard InChI is InChI=1S/C9H14N2O2S/c1-3-5-11(7-8(12)13-2)9-10-4-6-14-9/h4,6H,3,5,7H2,1-2H3. The van der Waals surface area contributed by atoms with E-state index in [1.807, 2.05) is 10.3 Å². The number of anilines is 1. The minimum Gasteiger partial charge on any atom is -0.468 e. The maximum Gasteiger partial charge on any atom is 0.325 e. The Morgan fingerprint density at radius 3 is 3.00 bits per heavy atom. The summed E-state index contributed by atoms with van der Waals surface area (Å²) in [5.41, 5.74) is 0. The zero-order valence-electron chi connectivity index (χ0n) is 8.40. The molecule has 1 rings (SSSR count). The van der Waals surface area contributed by atoms with E-state index >= 15 is 0 Å². The van der Waals surface area contributed by atoms with Crippen molar-refractivity contribution in [3.63, 3.8) is 0 Å². The van der Waals surface area contributed by atoms with Gasteiger partial charge in [-0.25, -0.2) is 4.98 Å². The average molecular weight is 214 g/mol. The number of hydrogen-bond donors (Lipinski definition) is 0. The fourth-order valence-electron chi connectivity index (χ4n) is 1.10. The Morgan fingerprint density at radius 1 is 1.71 bits per heavy atom. The number of hydrogen-bond acceptors (Lipinski definition) is 5. The molecule has 1 aromatic heterocycles. The van der Waals surface area contributed by atoms with Crippen LogP contribution in [0.2, 0.25) is 0 Å². The van der Waals surface area contributed by atoms with Crippen LogP contribution in [-0.2, 0) is 9.53 Å². The Labute approximate surface area is 87.5 Å². The van der Waals surface area contributed by atoms with Crippen LogP contribution in [0.15, 0.2) is 11.6 Å². The van der Waals surface area contributed by atoms with Crippen LogP contribution in [-0.4, -0.2) is 31.2 Å².